The number of hydrogen-bond donors (Lipinski definition) is 2. The lowest BCUT2D eigenvalue weighted by Crippen LogP contribution is -2.29. The summed E-state index contributed by atoms with van der Waals surface area (Å²) in [6.07, 6.45) is 0.465. The second-order valence-electron chi connectivity index (χ2n) is 5.40. The highest BCUT2D eigenvalue weighted by atomic mass is 16.5. The van der Waals surface area contributed by atoms with Crippen LogP contribution in [-0.4, -0.2) is 32.6 Å². The Balaban J connectivity index is 1.72. The summed E-state index contributed by atoms with van der Waals surface area (Å²) in [6, 6.07) is 14.6. The molecule has 0 atom stereocenters. The van der Waals surface area contributed by atoms with Crippen LogP contribution in [0.1, 0.15) is 12.0 Å². The van der Waals surface area contributed by atoms with Crippen LogP contribution >= 0.6 is 0 Å². The zero-order chi connectivity index (χ0) is 18.1. The van der Waals surface area contributed by atoms with Crippen molar-refractivity contribution in [1.29, 1.82) is 0 Å². The van der Waals surface area contributed by atoms with E-state index in [0.717, 1.165) is 11.3 Å². The third-order valence-corrected chi connectivity index (χ3v) is 3.57. The van der Waals surface area contributed by atoms with Gasteiger partial charge in [-0.2, -0.15) is 0 Å². The summed E-state index contributed by atoms with van der Waals surface area (Å²) < 4.78 is 10.2. The van der Waals surface area contributed by atoms with Crippen molar-refractivity contribution >= 4 is 17.5 Å². The molecule has 2 amide bonds. The minimum Gasteiger partial charge on any atom is -0.497 e. The third-order valence-electron chi connectivity index (χ3n) is 3.57. The third kappa shape index (κ3) is 6.18. The molecule has 0 spiro atoms. The zero-order valence-corrected chi connectivity index (χ0v) is 14.4. The van der Waals surface area contributed by atoms with Gasteiger partial charge >= 0.3 is 0 Å². The number of nitrogens with one attached hydrogen (secondary N) is 2. The van der Waals surface area contributed by atoms with Crippen molar-refractivity contribution in [2.24, 2.45) is 0 Å². The average molecular weight is 342 g/mol. The van der Waals surface area contributed by atoms with E-state index in [-0.39, 0.29) is 18.2 Å². The van der Waals surface area contributed by atoms with E-state index in [2.05, 4.69) is 10.6 Å². The number of hydrogen-bond acceptors (Lipinski definition) is 4. The first-order valence-corrected chi connectivity index (χ1v) is 7.94. The Morgan fingerprint density at radius 2 is 1.64 bits per heavy atom. The number of carbonyl (C=O) groups is 2. The molecule has 0 aliphatic carbocycles. The summed E-state index contributed by atoms with van der Waals surface area (Å²) in [6.45, 7) is 0.470. The van der Waals surface area contributed by atoms with Crippen LogP contribution in [-0.2, 0) is 16.0 Å². The van der Waals surface area contributed by atoms with Crippen molar-refractivity contribution in [2.75, 3.05) is 26.1 Å². The first-order valence-electron chi connectivity index (χ1n) is 7.94. The van der Waals surface area contributed by atoms with E-state index in [1.54, 1.807) is 38.5 Å². The lowest BCUT2D eigenvalue weighted by Gasteiger charge is -2.08. The van der Waals surface area contributed by atoms with Crippen LogP contribution in [0.2, 0.25) is 0 Å². The van der Waals surface area contributed by atoms with Crippen LogP contribution < -0.4 is 20.1 Å². The molecule has 25 heavy (non-hydrogen) atoms. The molecule has 0 aliphatic heterocycles. The first-order chi connectivity index (χ1) is 12.1. The van der Waals surface area contributed by atoms with Crippen LogP contribution in [0.25, 0.3) is 0 Å². The Kier molecular flexibility index (Phi) is 6.83. The van der Waals surface area contributed by atoms with Gasteiger partial charge in [0.05, 0.1) is 14.2 Å². The van der Waals surface area contributed by atoms with Gasteiger partial charge in [-0.1, -0.05) is 18.2 Å². The van der Waals surface area contributed by atoms with E-state index in [1.165, 1.54) is 0 Å². The Morgan fingerprint density at radius 1 is 0.920 bits per heavy atom. The number of carbonyl (C=O) groups excluding carboxylic acids is 2. The SMILES string of the molecule is COc1ccc(CCNC(=O)CC(=O)Nc2cccc(OC)c2)cc1. The molecule has 0 heterocycles. The molecule has 6 nitrogen and oxygen atoms in total. The molecule has 2 rings (SSSR count). The van der Waals surface area contributed by atoms with Crippen molar-refractivity contribution in [3.05, 3.63) is 54.1 Å². The van der Waals surface area contributed by atoms with Gasteiger partial charge in [-0.25, -0.2) is 0 Å². The Morgan fingerprint density at radius 3 is 2.32 bits per heavy atom. The predicted molar refractivity (Wildman–Crippen MR) is 95.9 cm³/mol. The molecule has 0 fully saturated rings. The molecule has 2 aromatic carbocycles. The van der Waals surface area contributed by atoms with E-state index in [9.17, 15) is 9.59 Å². The van der Waals surface area contributed by atoms with Crippen molar-refractivity contribution in [2.45, 2.75) is 12.8 Å². The fraction of sp³-hybridized carbons (Fsp3) is 0.263. The molecule has 0 bridgehead atoms. The predicted octanol–water partition coefficient (Wildman–Crippen LogP) is 2.39. The molecule has 0 unspecified atom stereocenters. The summed E-state index contributed by atoms with van der Waals surface area (Å²) in [5.74, 6) is 0.757. The smallest absolute Gasteiger partial charge is 0.233 e. The van der Waals surface area contributed by atoms with Gasteiger partial charge < -0.3 is 20.1 Å². The minimum atomic E-state index is -0.366. The van der Waals surface area contributed by atoms with Gasteiger partial charge in [0.1, 0.15) is 17.9 Å². The number of amides is 2. The van der Waals surface area contributed by atoms with Gasteiger partial charge in [0, 0.05) is 18.3 Å². The average Bonchev–Trinajstić information content (AvgIpc) is 2.62. The quantitative estimate of drug-likeness (QED) is 0.722. The number of benzene rings is 2. The Bertz CT molecular complexity index is 714. The maximum atomic E-state index is 11.9. The number of ether oxygens (including phenoxy) is 2. The molecular formula is C19H22N2O4. The van der Waals surface area contributed by atoms with Gasteiger partial charge in [0.25, 0.3) is 0 Å². The van der Waals surface area contributed by atoms with E-state index < -0.39 is 0 Å². The fourth-order valence-corrected chi connectivity index (χ4v) is 2.25. The van der Waals surface area contributed by atoms with Crippen LogP contribution in [0.3, 0.4) is 0 Å². The molecule has 0 saturated heterocycles. The number of anilines is 1. The molecule has 0 aliphatic rings. The van der Waals surface area contributed by atoms with Crippen LogP contribution in [0, 0.1) is 0 Å². The van der Waals surface area contributed by atoms with Crippen molar-refractivity contribution in [3.63, 3.8) is 0 Å². The molecular weight excluding hydrogens is 320 g/mol. The van der Waals surface area contributed by atoms with Crippen molar-refractivity contribution in [1.82, 2.24) is 5.32 Å². The van der Waals surface area contributed by atoms with Gasteiger partial charge in [-0.05, 0) is 36.2 Å². The number of rotatable bonds is 8. The maximum absolute atomic E-state index is 11.9. The standard InChI is InChI=1S/C19H22N2O4/c1-24-16-8-6-14(7-9-16)10-11-20-18(22)13-19(23)21-15-4-3-5-17(12-15)25-2/h3-9,12H,10-11,13H2,1-2H3,(H,20,22)(H,21,23). The lowest BCUT2D eigenvalue weighted by molar-refractivity contribution is -0.126. The molecule has 0 saturated carbocycles. The van der Waals surface area contributed by atoms with E-state index in [4.69, 9.17) is 9.47 Å². The molecule has 6 heteroatoms. The summed E-state index contributed by atoms with van der Waals surface area (Å²) in [7, 11) is 3.17. The van der Waals surface area contributed by atoms with Crippen LogP contribution in [0.15, 0.2) is 48.5 Å². The zero-order valence-electron chi connectivity index (χ0n) is 14.4. The molecule has 0 radical (unpaired) electrons. The summed E-state index contributed by atoms with van der Waals surface area (Å²) in [4.78, 5) is 23.7. The van der Waals surface area contributed by atoms with Gasteiger partial charge in [0.15, 0.2) is 0 Å². The normalized spacial score (nSPS) is 10.0. The maximum Gasteiger partial charge on any atom is 0.233 e. The Labute approximate surface area is 147 Å². The van der Waals surface area contributed by atoms with Crippen LogP contribution in [0.5, 0.6) is 11.5 Å². The molecule has 0 aromatic heterocycles. The molecule has 2 N–H and O–H groups in total. The lowest BCUT2D eigenvalue weighted by atomic mass is 10.1. The van der Waals surface area contributed by atoms with Crippen molar-refractivity contribution in [3.8, 4) is 11.5 Å². The van der Waals surface area contributed by atoms with Gasteiger partial charge in [-0.3, -0.25) is 9.59 Å². The van der Waals surface area contributed by atoms with Gasteiger partial charge in [-0.15, -0.1) is 0 Å². The largest absolute Gasteiger partial charge is 0.497 e. The van der Waals surface area contributed by atoms with E-state index in [0.29, 0.717) is 24.4 Å². The van der Waals surface area contributed by atoms with E-state index >= 15 is 0 Å². The monoisotopic (exact) mass is 342 g/mol. The number of methoxy groups -OCH3 is 2. The molecule has 132 valence electrons. The topological polar surface area (TPSA) is 76.7 Å². The first kappa shape index (κ1) is 18.3. The minimum absolute atomic E-state index is 0.222. The summed E-state index contributed by atoms with van der Waals surface area (Å²) in [5.41, 5.74) is 1.68. The Hall–Kier alpha value is -3.02. The fourth-order valence-electron chi connectivity index (χ4n) is 2.25. The highest BCUT2D eigenvalue weighted by molar-refractivity contribution is 6.03. The van der Waals surface area contributed by atoms with E-state index in [1.807, 2.05) is 24.3 Å². The summed E-state index contributed by atoms with van der Waals surface area (Å²) in [5, 5.41) is 5.42. The highest BCUT2D eigenvalue weighted by Gasteiger charge is 2.09. The van der Waals surface area contributed by atoms with Crippen LogP contribution in [0.4, 0.5) is 5.69 Å². The van der Waals surface area contributed by atoms with Crippen molar-refractivity contribution < 1.29 is 19.1 Å². The molecule has 2 aromatic rings. The second kappa shape index (κ2) is 9.32. The second-order valence-corrected chi connectivity index (χ2v) is 5.40. The highest BCUT2D eigenvalue weighted by Crippen LogP contribution is 2.16. The van der Waals surface area contributed by atoms with Gasteiger partial charge in [0.2, 0.25) is 11.8 Å². The summed E-state index contributed by atoms with van der Waals surface area (Å²) >= 11 is 0.